The zero-order chi connectivity index (χ0) is 22.8. The molecule has 0 aliphatic carbocycles. The van der Waals surface area contributed by atoms with E-state index < -0.39 is 12.1 Å². The number of rotatable bonds is 12. The third kappa shape index (κ3) is 7.71. The molecule has 0 fully saturated rings. The number of hydrogen-bond acceptors (Lipinski definition) is 3. The van der Waals surface area contributed by atoms with Gasteiger partial charge in [0.15, 0.2) is 11.9 Å². The Labute approximate surface area is 186 Å². The van der Waals surface area contributed by atoms with Gasteiger partial charge in [0, 0.05) is 5.56 Å². The van der Waals surface area contributed by atoms with Crippen molar-refractivity contribution in [3.63, 3.8) is 0 Å². The first-order chi connectivity index (χ1) is 14.8. The minimum absolute atomic E-state index is 0.0374. The Kier molecular flexibility index (Phi) is 9.51. The molecular weight excluding hydrogens is 388 g/mol. The van der Waals surface area contributed by atoms with Crippen molar-refractivity contribution in [3.8, 4) is 5.75 Å². The summed E-state index contributed by atoms with van der Waals surface area (Å²) >= 11 is 0. The van der Waals surface area contributed by atoms with Crippen molar-refractivity contribution < 1.29 is 19.4 Å². The molecule has 1 unspecified atom stereocenters. The standard InChI is InChI=1S/C27H34O4/c1-5-6-7-8-9-10-22-11-14-24(15-12-22)25(28)16-13-23-17-19(2)26(20(3)18-23)31-21(4)27(29)30/h11-18,21H,5-10H2,1-4H3,(H,29,30)/b16-13+. The van der Waals surface area contributed by atoms with E-state index in [1.807, 2.05) is 50.2 Å². The Bertz CT molecular complexity index is 886. The van der Waals surface area contributed by atoms with E-state index in [4.69, 9.17) is 9.84 Å². The van der Waals surface area contributed by atoms with Crippen molar-refractivity contribution in [2.75, 3.05) is 0 Å². The van der Waals surface area contributed by atoms with Crippen LogP contribution in [0.3, 0.4) is 0 Å². The third-order valence-corrected chi connectivity index (χ3v) is 5.36. The molecule has 0 saturated carbocycles. The Morgan fingerprint density at radius 2 is 1.61 bits per heavy atom. The summed E-state index contributed by atoms with van der Waals surface area (Å²) in [5.74, 6) is -0.468. The quantitative estimate of drug-likeness (QED) is 0.239. The highest BCUT2D eigenvalue weighted by atomic mass is 16.5. The van der Waals surface area contributed by atoms with Crippen LogP contribution in [-0.4, -0.2) is 23.0 Å². The molecule has 0 bridgehead atoms. The summed E-state index contributed by atoms with van der Waals surface area (Å²) in [6, 6.07) is 11.7. The van der Waals surface area contributed by atoms with Crippen molar-refractivity contribution in [2.45, 2.75) is 72.3 Å². The normalized spacial score (nSPS) is 12.1. The smallest absolute Gasteiger partial charge is 0.344 e. The molecule has 0 saturated heterocycles. The molecule has 0 amide bonds. The van der Waals surface area contributed by atoms with Crippen LogP contribution in [0.4, 0.5) is 0 Å². The number of carboxylic acid groups (broad SMARTS) is 1. The van der Waals surface area contributed by atoms with Crippen molar-refractivity contribution in [1.82, 2.24) is 0 Å². The van der Waals surface area contributed by atoms with E-state index in [0.29, 0.717) is 11.3 Å². The molecule has 2 rings (SSSR count). The van der Waals surface area contributed by atoms with Gasteiger partial charge in [0.2, 0.25) is 0 Å². The number of aliphatic carboxylic acids is 1. The Hall–Kier alpha value is -2.88. The molecule has 0 aliphatic heterocycles. The van der Waals surface area contributed by atoms with Crippen LogP contribution in [0.2, 0.25) is 0 Å². The number of ketones is 1. The fourth-order valence-electron chi connectivity index (χ4n) is 3.53. The summed E-state index contributed by atoms with van der Waals surface area (Å²) in [5, 5.41) is 9.05. The van der Waals surface area contributed by atoms with E-state index in [-0.39, 0.29) is 5.78 Å². The summed E-state index contributed by atoms with van der Waals surface area (Å²) in [7, 11) is 0. The number of hydrogen-bond donors (Lipinski definition) is 1. The highest BCUT2D eigenvalue weighted by molar-refractivity contribution is 6.06. The van der Waals surface area contributed by atoms with E-state index >= 15 is 0 Å². The maximum Gasteiger partial charge on any atom is 0.344 e. The van der Waals surface area contributed by atoms with E-state index in [0.717, 1.165) is 23.1 Å². The Balaban J connectivity index is 1.98. The number of benzene rings is 2. The summed E-state index contributed by atoms with van der Waals surface area (Å²) in [6.07, 6.45) is 9.81. The first-order valence-electron chi connectivity index (χ1n) is 11.1. The van der Waals surface area contributed by atoms with Crippen LogP contribution in [-0.2, 0) is 11.2 Å². The Morgan fingerprint density at radius 1 is 1.00 bits per heavy atom. The van der Waals surface area contributed by atoms with E-state index in [1.165, 1.54) is 44.6 Å². The Morgan fingerprint density at radius 3 is 2.19 bits per heavy atom. The summed E-state index contributed by atoms with van der Waals surface area (Å²) in [5.41, 5.74) is 4.50. The molecule has 31 heavy (non-hydrogen) atoms. The number of ether oxygens (including phenoxy) is 1. The van der Waals surface area contributed by atoms with E-state index in [1.54, 1.807) is 12.2 Å². The van der Waals surface area contributed by atoms with E-state index in [9.17, 15) is 9.59 Å². The summed E-state index contributed by atoms with van der Waals surface area (Å²) in [6.45, 7) is 7.47. The monoisotopic (exact) mass is 422 g/mol. The molecule has 4 heteroatoms. The van der Waals surface area contributed by atoms with Gasteiger partial charge in [0.05, 0.1) is 0 Å². The lowest BCUT2D eigenvalue weighted by Gasteiger charge is -2.16. The van der Waals surface area contributed by atoms with Gasteiger partial charge in [-0.25, -0.2) is 4.79 Å². The molecule has 0 aliphatic rings. The average molecular weight is 423 g/mol. The number of carboxylic acids is 1. The maximum atomic E-state index is 12.5. The van der Waals surface area contributed by atoms with Gasteiger partial charge >= 0.3 is 5.97 Å². The van der Waals surface area contributed by atoms with Gasteiger partial charge in [-0.3, -0.25) is 4.79 Å². The first kappa shape index (κ1) is 24.4. The molecule has 0 spiro atoms. The minimum atomic E-state index is -1.00. The van der Waals surface area contributed by atoms with Crippen LogP contribution in [0.15, 0.2) is 42.5 Å². The lowest BCUT2D eigenvalue weighted by atomic mass is 10.0. The third-order valence-electron chi connectivity index (χ3n) is 5.36. The van der Waals surface area contributed by atoms with Crippen LogP contribution >= 0.6 is 0 Å². The first-order valence-corrected chi connectivity index (χ1v) is 11.1. The van der Waals surface area contributed by atoms with Crippen molar-refractivity contribution >= 4 is 17.8 Å². The fourth-order valence-corrected chi connectivity index (χ4v) is 3.53. The molecule has 166 valence electrons. The molecule has 4 nitrogen and oxygen atoms in total. The van der Waals surface area contributed by atoms with Crippen LogP contribution in [0.1, 0.15) is 78.6 Å². The average Bonchev–Trinajstić information content (AvgIpc) is 2.74. The SMILES string of the molecule is CCCCCCCc1ccc(C(=O)/C=C/c2cc(C)c(OC(C)C(=O)O)c(C)c2)cc1. The van der Waals surface area contributed by atoms with E-state index in [2.05, 4.69) is 6.92 Å². The van der Waals surface area contributed by atoms with Gasteiger partial charge in [-0.1, -0.05) is 62.9 Å². The second-order valence-electron chi connectivity index (χ2n) is 8.14. The van der Waals surface area contributed by atoms with Crippen molar-refractivity contribution in [1.29, 1.82) is 0 Å². The minimum Gasteiger partial charge on any atom is -0.479 e. The van der Waals surface area contributed by atoms with Gasteiger partial charge < -0.3 is 9.84 Å². The number of unbranched alkanes of at least 4 members (excludes halogenated alkanes) is 4. The largest absolute Gasteiger partial charge is 0.479 e. The highest BCUT2D eigenvalue weighted by Crippen LogP contribution is 2.26. The topological polar surface area (TPSA) is 63.6 Å². The number of allylic oxidation sites excluding steroid dienone is 1. The van der Waals surface area contributed by atoms with Gasteiger partial charge in [-0.15, -0.1) is 0 Å². The predicted octanol–water partition coefficient (Wildman–Crippen LogP) is 6.56. The van der Waals surface area contributed by atoms with Gasteiger partial charge in [-0.2, -0.15) is 0 Å². The zero-order valence-corrected chi connectivity index (χ0v) is 19.1. The van der Waals surface area contributed by atoms with Gasteiger partial charge in [0.1, 0.15) is 5.75 Å². The number of aryl methyl sites for hydroxylation is 3. The molecular formula is C27H34O4. The lowest BCUT2D eigenvalue weighted by Crippen LogP contribution is -2.23. The van der Waals surface area contributed by atoms with Crippen molar-refractivity contribution in [2.24, 2.45) is 0 Å². The molecule has 0 aromatic heterocycles. The molecule has 1 atom stereocenters. The van der Waals surface area contributed by atoms with Crippen LogP contribution < -0.4 is 4.74 Å². The van der Waals surface area contributed by atoms with Gasteiger partial charge in [0.25, 0.3) is 0 Å². The zero-order valence-electron chi connectivity index (χ0n) is 19.1. The molecule has 0 radical (unpaired) electrons. The van der Waals surface area contributed by atoms with Crippen molar-refractivity contribution in [3.05, 3.63) is 70.3 Å². The van der Waals surface area contributed by atoms with Crippen LogP contribution in [0.25, 0.3) is 6.08 Å². The van der Waals surface area contributed by atoms with Crippen LogP contribution in [0.5, 0.6) is 5.75 Å². The summed E-state index contributed by atoms with van der Waals surface area (Å²) in [4.78, 5) is 23.6. The molecule has 0 heterocycles. The lowest BCUT2D eigenvalue weighted by molar-refractivity contribution is -0.144. The predicted molar refractivity (Wildman–Crippen MR) is 126 cm³/mol. The second kappa shape index (κ2) is 12.1. The summed E-state index contributed by atoms with van der Waals surface area (Å²) < 4.78 is 5.55. The highest BCUT2D eigenvalue weighted by Gasteiger charge is 2.15. The number of carbonyl (C=O) groups excluding carboxylic acids is 1. The number of carbonyl (C=O) groups is 2. The second-order valence-corrected chi connectivity index (χ2v) is 8.14. The molecule has 2 aromatic rings. The van der Waals surface area contributed by atoms with Gasteiger partial charge in [-0.05, 0) is 74.1 Å². The fraction of sp³-hybridized carbons (Fsp3) is 0.407. The maximum absolute atomic E-state index is 12.5. The molecule has 1 N–H and O–H groups in total. The van der Waals surface area contributed by atoms with Crippen LogP contribution in [0, 0.1) is 13.8 Å². The molecule has 2 aromatic carbocycles.